The zero-order chi connectivity index (χ0) is 21.3. The summed E-state index contributed by atoms with van der Waals surface area (Å²) >= 11 is 1.45. The van der Waals surface area contributed by atoms with Gasteiger partial charge < -0.3 is 4.74 Å². The summed E-state index contributed by atoms with van der Waals surface area (Å²) in [5, 5.41) is 2.54. The van der Waals surface area contributed by atoms with E-state index in [2.05, 4.69) is 37.9 Å². The molecule has 0 saturated heterocycles. The number of thiophene rings is 1. The van der Waals surface area contributed by atoms with Crippen LogP contribution >= 0.6 is 11.3 Å². The minimum atomic E-state index is -0.365. The van der Waals surface area contributed by atoms with E-state index >= 15 is 0 Å². The Kier molecular flexibility index (Phi) is 6.04. The van der Waals surface area contributed by atoms with E-state index in [1.165, 1.54) is 27.8 Å². The highest BCUT2D eigenvalue weighted by Gasteiger charge is 2.22. The fourth-order valence-electron chi connectivity index (χ4n) is 4.05. The number of hydrogen-bond acceptors (Lipinski definition) is 5. The van der Waals surface area contributed by atoms with Gasteiger partial charge in [-0.3, -0.25) is 14.2 Å². The highest BCUT2D eigenvalue weighted by Crippen LogP contribution is 2.31. The molecule has 0 bridgehead atoms. The molecule has 0 amide bonds. The van der Waals surface area contributed by atoms with E-state index in [9.17, 15) is 9.59 Å². The molecule has 0 aliphatic heterocycles. The van der Waals surface area contributed by atoms with Crippen molar-refractivity contribution < 1.29 is 9.53 Å². The lowest BCUT2D eigenvalue weighted by Crippen LogP contribution is -2.29. The first kappa shape index (κ1) is 20.8. The fraction of sp³-hybridized carbons (Fsp3) is 0.458. The zero-order valence-corrected chi connectivity index (χ0v) is 18.6. The molecule has 158 valence electrons. The van der Waals surface area contributed by atoms with Crippen molar-refractivity contribution in [2.75, 3.05) is 0 Å². The third kappa shape index (κ3) is 4.33. The highest BCUT2D eigenvalue weighted by molar-refractivity contribution is 7.17. The number of hydrogen-bond donors (Lipinski definition) is 0. The van der Waals surface area contributed by atoms with Crippen LogP contribution in [0.15, 0.2) is 40.8 Å². The van der Waals surface area contributed by atoms with Gasteiger partial charge in [0.05, 0.1) is 11.7 Å². The van der Waals surface area contributed by atoms with E-state index in [0.717, 1.165) is 36.8 Å². The van der Waals surface area contributed by atoms with Gasteiger partial charge in [-0.25, -0.2) is 4.98 Å². The predicted molar refractivity (Wildman–Crippen MR) is 121 cm³/mol. The van der Waals surface area contributed by atoms with Gasteiger partial charge >= 0.3 is 5.97 Å². The van der Waals surface area contributed by atoms with E-state index in [1.54, 1.807) is 0 Å². The molecule has 2 heterocycles. The number of fused-ring (bicyclic) bond motifs is 1. The molecule has 3 aromatic rings. The molecule has 1 aliphatic carbocycles. The smallest absolute Gasteiger partial charge is 0.326 e. The van der Waals surface area contributed by atoms with Crippen molar-refractivity contribution in [3.8, 4) is 11.1 Å². The second kappa shape index (κ2) is 8.72. The van der Waals surface area contributed by atoms with Gasteiger partial charge in [-0.2, -0.15) is 0 Å². The largest absolute Gasteiger partial charge is 0.461 e. The van der Waals surface area contributed by atoms with Crippen molar-refractivity contribution in [1.29, 1.82) is 0 Å². The van der Waals surface area contributed by atoms with Gasteiger partial charge in [-0.05, 0) is 48.6 Å². The number of rotatable bonds is 5. The Balaban J connectivity index is 1.57. The second-order valence-electron chi connectivity index (χ2n) is 8.66. The summed E-state index contributed by atoms with van der Waals surface area (Å²) in [4.78, 5) is 30.7. The van der Waals surface area contributed by atoms with Crippen molar-refractivity contribution in [3.05, 3.63) is 51.9 Å². The lowest BCUT2D eigenvalue weighted by Gasteiger charge is -2.26. The van der Waals surface area contributed by atoms with E-state index in [1.807, 2.05) is 17.5 Å². The Morgan fingerprint density at radius 2 is 1.90 bits per heavy atom. The van der Waals surface area contributed by atoms with Crippen LogP contribution in [-0.4, -0.2) is 21.6 Å². The van der Waals surface area contributed by atoms with Crippen LogP contribution in [-0.2, 0) is 16.1 Å². The minimum absolute atomic E-state index is 0.0303. The van der Waals surface area contributed by atoms with Gasteiger partial charge in [0.15, 0.2) is 0 Å². The molecule has 1 saturated carbocycles. The Morgan fingerprint density at radius 1 is 1.20 bits per heavy atom. The number of nitrogens with zero attached hydrogens (tertiary/aromatic N) is 2. The van der Waals surface area contributed by atoms with Crippen molar-refractivity contribution >= 4 is 27.5 Å². The quantitative estimate of drug-likeness (QED) is 0.517. The number of esters is 1. The molecule has 0 unspecified atom stereocenters. The summed E-state index contributed by atoms with van der Waals surface area (Å²) in [6, 6.07) is 8.29. The topological polar surface area (TPSA) is 61.2 Å². The Bertz CT molecular complexity index is 1090. The molecular formula is C24H28N2O3S. The lowest BCUT2D eigenvalue weighted by atomic mass is 9.89. The van der Waals surface area contributed by atoms with Crippen LogP contribution in [0.5, 0.6) is 0 Å². The second-order valence-corrected chi connectivity index (χ2v) is 9.51. The number of ether oxygens (including phenoxy) is 1. The molecule has 4 rings (SSSR count). The molecule has 1 aliphatic rings. The molecule has 1 fully saturated rings. The van der Waals surface area contributed by atoms with Crippen LogP contribution in [0.3, 0.4) is 0 Å². The van der Waals surface area contributed by atoms with Crippen LogP contribution in [0.1, 0.15) is 57.9 Å². The summed E-state index contributed by atoms with van der Waals surface area (Å²) in [5.74, 6) is 0.784. The monoisotopic (exact) mass is 424 g/mol. The Labute approximate surface area is 180 Å². The van der Waals surface area contributed by atoms with E-state index in [0.29, 0.717) is 22.1 Å². The van der Waals surface area contributed by atoms with Crippen LogP contribution in [0.4, 0.5) is 0 Å². The first-order chi connectivity index (χ1) is 14.4. The molecule has 0 N–H and O–H groups in total. The van der Waals surface area contributed by atoms with Gasteiger partial charge in [0.25, 0.3) is 5.56 Å². The van der Waals surface area contributed by atoms with Crippen LogP contribution in [0, 0.1) is 5.92 Å². The molecular weight excluding hydrogens is 396 g/mol. The highest BCUT2D eigenvalue weighted by atomic mass is 32.1. The first-order valence-electron chi connectivity index (χ1n) is 10.7. The van der Waals surface area contributed by atoms with Gasteiger partial charge in [0, 0.05) is 10.9 Å². The lowest BCUT2D eigenvalue weighted by molar-refractivity contribution is -0.151. The SMILES string of the molecule is CC1CCC(OC(=O)Cn2cnc3scc(-c4ccc(C(C)C)cc4)c3c2=O)CC1. The zero-order valence-electron chi connectivity index (χ0n) is 17.8. The molecule has 0 spiro atoms. The molecule has 0 radical (unpaired) electrons. The van der Waals surface area contributed by atoms with Crippen molar-refractivity contribution in [1.82, 2.24) is 9.55 Å². The number of carbonyl (C=O) groups excluding carboxylic acids is 1. The first-order valence-corrected chi connectivity index (χ1v) is 11.6. The molecule has 1 aromatic carbocycles. The minimum Gasteiger partial charge on any atom is -0.461 e. The van der Waals surface area contributed by atoms with Gasteiger partial charge in [-0.15, -0.1) is 11.3 Å². The van der Waals surface area contributed by atoms with Crippen LogP contribution < -0.4 is 5.56 Å². The maximum absolute atomic E-state index is 13.2. The van der Waals surface area contributed by atoms with Crippen LogP contribution in [0.2, 0.25) is 0 Å². The number of benzene rings is 1. The summed E-state index contributed by atoms with van der Waals surface area (Å²) in [6.07, 6.45) is 5.40. The summed E-state index contributed by atoms with van der Waals surface area (Å²) in [5.41, 5.74) is 2.92. The average molecular weight is 425 g/mol. The fourth-order valence-corrected chi connectivity index (χ4v) is 4.96. The van der Waals surface area contributed by atoms with Gasteiger partial charge in [0.2, 0.25) is 0 Å². The molecule has 30 heavy (non-hydrogen) atoms. The van der Waals surface area contributed by atoms with E-state index < -0.39 is 0 Å². The standard InChI is InChI=1S/C24H28N2O3S/c1-15(2)17-6-8-18(9-7-17)20-13-30-23-22(20)24(28)26(14-25-23)12-21(27)29-19-10-4-16(3)5-11-19/h6-9,13-16,19H,4-5,10-12H2,1-3H3. The average Bonchev–Trinajstić information content (AvgIpc) is 3.17. The van der Waals surface area contributed by atoms with Crippen molar-refractivity contribution in [2.24, 2.45) is 5.92 Å². The molecule has 2 aromatic heterocycles. The van der Waals surface area contributed by atoms with Gasteiger partial charge in [-0.1, -0.05) is 45.0 Å². The summed E-state index contributed by atoms with van der Waals surface area (Å²) in [6.45, 7) is 6.44. The molecule has 6 heteroatoms. The third-order valence-electron chi connectivity index (χ3n) is 6.01. The van der Waals surface area contributed by atoms with Gasteiger partial charge in [0.1, 0.15) is 17.5 Å². The summed E-state index contributed by atoms with van der Waals surface area (Å²) in [7, 11) is 0. The number of carbonyl (C=O) groups is 1. The molecule has 5 nitrogen and oxygen atoms in total. The number of aromatic nitrogens is 2. The maximum atomic E-state index is 13.2. The van der Waals surface area contributed by atoms with Crippen molar-refractivity contribution in [3.63, 3.8) is 0 Å². The maximum Gasteiger partial charge on any atom is 0.326 e. The van der Waals surface area contributed by atoms with E-state index in [4.69, 9.17) is 4.74 Å². The van der Waals surface area contributed by atoms with Crippen LogP contribution in [0.25, 0.3) is 21.3 Å². The Morgan fingerprint density at radius 3 is 2.57 bits per heavy atom. The van der Waals surface area contributed by atoms with Crippen molar-refractivity contribution in [2.45, 2.75) is 65.0 Å². The normalized spacial score (nSPS) is 19.3. The Hall–Kier alpha value is -2.47. The third-order valence-corrected chi connectivity index (χ3v) is 6.90. The molecule has 0 atom stereocenters. The van der Waals surface area contributed by atoms with E-state index in [-0.39, 0.29) is 24.2 Å². The predicted octanol–water partition coefficient (Wildman–Crippen LogP) is 5.37. The summed E-state index contributed by atoms with van der Waals surface area (Å²) < 4.78 is 6.99.